The second-order valence-corrected chi connectivity index (χ2v) is 12.9. The van der Waals surface area contributed by atoms with E-state index < -0.39 is 60.3 Å². The van der Waals surface area contributed by atoms with Crippen LogP contribution in [0.3, 0.4) is 0 Å². The Morgan fingerprint density at radius 2 is 1.60 bits per heavy atom. The van der Waals surface area contributed by atoms with Crippen LogP contribution in [0, 0.1) is 5.92 Å². The van der Waals surface area contributed by atoms with Crippen molar-refractivity contribution >= 4 is 29.0 Å². The Hall–Kier alpha value is -3.81. The third-order valence-corrected chi connectivity index (χ3v) is 9.42. The first-order valence-corrected chi connectivity index (χ1v) is 17.1. The lowest BCUT2D eigenvalue weighted by atomic mass is 9.85. The quantitative estimate of drug-likeness (QED) is 0.136. The summed E-state index contributed by atoms with van der Waals surface area (Å²) >= 11 is 0.758. The predicted molar refractivity (Wildman–Crippen MR) is 173 cm³/mol. The van der Waals surface area contributed by atoms with Crippen molar-refractivity contribution in [1.82, 2.24) is 4.98 Å². The molecule has 2 saturated heterocycles. The molecule has 48 heavy (non-hydrogen) atoms. The van der Waals surface area contributed by atoms with Crippen LogP contribution >= 0.6 is 11.8 Å². The number of hydrogen-bond donors (Lipinski definition) is 0. The van der Waals surface area contributed by atoms with Gasteiger partial charge >= 0.3 is 17.2 Å². The number of rotatable bonds is 10. The highest BCUT2D eigenvalue weighted by atomic mass is 32.2. The molecule has 3 aliphatic rings. The maximum absolute atomic E-state index is 13.6. The zero-order valence-corrected chi connectivity index (χ0v) is 27.4. The summed E-state index contributed by atoms with van der Waals surface area (Å²) in [5.74, 6) is -0.995. The van der Waals surface area contributed by atoms with Gasteiger partial charge in [0.1, 0.15) is 23.3 Å². The minimum Gasteiger partial charge on any atom is -0.467 e. The molecule has 254 valence electrons. The largest absolute Gasteiger partial charge is 0.467 e. The Bertz CT molecular complexity index is 1490. The summed E-state index contributed by atoms with van der Waals surface area (Å²) < 4.78 is 42.6. The van der Waals surface area contributed by atoms with Crippen LogP contribution in [0.15, 0.2) is 90.1 Å². The molecule has 0 amide bonds. The molecule has 0 bridgehead atoms. The molecule has 1 aliphatic carbocycles. The molecule has 7 atom stereocenters. The number of ether oxygens (including phenoxy) is 7. The summed E-state index contributed by atoms with van der Waals surface area (Å²) in [5, 5.41) is -0.321. The molecule has 0 spiro atoms. The van der Waals surface area contributed by atoms with E-state index in [0.717, 1.165) is 49.4 Å². The number of esters is 2. The lowest BCUT2D eigenvalue weighted by Gasteiger charge is -2.48. The first-order chi connectivity index (χ1) is 23.5. The van der Waals surface area contributed by atoms with E-state index in [1.54, 1.807) is 54.7 Å². The van der Waals surface area contributed by atoms with E-state index in [2.05, 4.69) is 4.98 Å². The van der Waals surface area contributed by atoms with Gasteiger partial charge in [-0.1, -0.05) is 86.7 Å². The van der Waals surface area contributed by atoms with Crippen LogP contribution in [0.1, 0.15) is 60.7 Å². The molecule has 1 saturated carbocycles. The van der Waals surface area contributed by atoms with Crippen LogP contribution in [0.5, 0.6) is 0 Å². The predicted octanol–water partition coefficient (Wildman–Crippen LogP) is 6.27. The smallest absolute Gasteiger partial charge is 0.376 e. The summed E-state index contributed by atoms with van der Waals surface area (Å²) in [7, 11) is 1.31. The van der Waals surface area contributed by atoms with Gasteiger partial charge in [-0.3, -0.25) is 0 Å². The summed E-state index contributed by atoms with van der Waals surface area (Å²) in [5.41, 5.74) is 1.03. The number of pyridine rings is 1. The zero-order valence-electron chi connectivity index (χ0n) is 26.6. The van der Waals surface area contributed by atoms with Gasteiger partial charge in [0.15, 0.2) is 18.5 Å². The minimum atomic E-state index is -1.43. The van der Waals surface area contributed by atoms with E-state index in [-0.39, 0.29) is 18.1 Å². The first-order valence-electron chi connectivity index (χ1n) is 16.2. The molecule has 2 aromatic carbocycles. The van der Waals surface area contributed by atoms with Crippen LogP contribution in [-0.2, 0) is 38.0 Å². The van der Waals surface area contributed by atoms with Gasteiger partial charge in [0, 0.05) is 23.5 Å². The molecule has 2 aliphatic heterocycles. The summed E-state index contributed by atoms with van der Waals surface area (Å²) in [6.07, 6.45) is -0.138. The van der Waals surface area contributed by atoms with Gasteiger partial charge in [-0.05, 0) is 36.6 Å². The molecule has 0 N–H and O–H groups in total. The van der Waals surface area contributed by atoms with E-state index in [9.17, 15) is 14.4 Å². The second-order valence-electron chi connectivity index (χ2n) is 11.9. The van der Waals surface area contributed by atoms with E-state index in [0.29, 0.717) is 11.4 Å². The molecule has 3 heterocycles. The van der Waals surface area contributed by atoms with Gasteiger partial charge in [0.05, 0.1) is 19.3 Å². The standard InChI is InChI=1S/C36H39NO10S/c1-41-33(39)26(21-23-13-5-2-6-14-23)43-30-29-27(22-42-34(46-29)25-17-9-4-10-18-25)44-35(47-36(40)48-28-19-11-12-20-37-28)31(30)45-32(38)24-15-7-3-8-16-24/h3-4,7-12,15-20,23,26-27,29-31,34-35H,2,5-6,13-14,21-22H2,1H3/t26-,27+,29-,30-,31+,34-,35-/m0/s1. The maximum Gasteiger partial charge on any atom is 0.376 e. The lowest BCUT2D eigenvalue weighted by Crippen LogP contribution is -2.65. The molecule has 0 radical (unpaired) electrons. The number of nitrogens with zero attached hydrogens (tertiary/aromatic N) is 1. The summed E-state index contributed by atoms with van der Waals surface area (Å²) in [4.78, 5) is 44.3. The van der Waals surface area contributed by atoms with Gasteiger partial charge < -0.3 is 33.2 Å². The maximum atomic E-state index is 13.6. The number of carbonyl (C=O) groups is 3. The Labute approximate surface area is 283 Å². The van der Waals surface area contributed by atoms with E-state index in [1.165, 1.54) is 7.11 Å². The van der Waals surface area contributed by atoms with Crippen LogP contribution < -0.4 is 0 Å². The van der Waals surface area contributed by atoms with E-state index >= 15 is 0 Å². The molecular weight excluding hydrogens is 638 g/mol. The highest BCUT2D eigenvalue weighted by Crippen LogP contribution is 2.39. The number of methoxy groups -OCH3 is 1. The number of aromatic nitrogens is 1. The van der Waals surface area contributed by atoms with Crippen molar-refractivity contribution in [3.63, 3.8) is 0 Å². The monoisotopic (exact) mass is 677 g/mol. The SMILES string of the molecule is COC(=O)[C@H](CC1CCCCC1)O[C@H]1[C@H]2O[C@@H](c3ccccc3)OC[C@H]2O[C@@H](OC(=O)Sc2ccccn2)[C@@H]1OC(=O)c1ccccc1. The molecule has 12 heteroatoms. The Balaban J connectivity index is 1.34. The molecule has 3 aromatic rings. The van der Waals surface area contributed by atoms with Gasteiger partial charge in [0.25, 0.3) is 0 Å². The van der Waals surface area contributed by atoms with E-state index in [4.69, 9.17) is 33.2 Å². The van der Waals surface area contributed by atoms with Crippen LogP contribution in [-0.4, -0.2) is 72.8 Å². The molecular formula is C36H39NO10S. The molecule has 3 fully saturated rings. The topological polar surface area (TPSA) is 129 Å². The normalized spacial score (nSPS) is 26.4. The number of fused-ring (bicyclic) bond motifs is 1. The number of carbonyl (C=O) groups excluding carboxylic acids is 3. The van der Waals surface area contributed by atoms with Crippen molar-refractivity contribution in [3.8, 4) is 0 Å². The van der Waals surface area contributed by atoms with Gasteiger partial charge in [-0.15, -0.1) is 0 Å². The summed E-state index contributed by atoms with van der Waals surface area (Å²) in [6.45, 7) is 0.0520. The fraction of sp³-hybridized carbons (Fsp3) is 0.444. The fourth-order valence-corrected chi connectivity index (χ4v) is 6.91. The van der Waals surface area contributed by atoms with Gasteiger partial charge in [-0.2, -0.15) is 0 Å². The first kappa shape index (κ1) is 34.1. The average Bonchev–Trinajstić information content (AvgIpc) is 3.13. The van der Waals surface area contributed by atoms with Crippen molar-refractivity contribution in [2.24, 2.45) is 5.92 Å². The molecule has 11 nitrogen and oxygen atoms in total. The third-order valence-electron chi connectivity index (χ3n) is 8.70. The summed E-state index contributed by atoms with van der Waals surface area (Å²) in [6, 6.07) is 22.9. The Kier molecular flexibility index (Phi) is 11.7. The molecule has 1 aromatic heterocycles. The van der Waals surface area contributed by atoms with Crippen molar-refractivity contribution in [1.29, 1.82) is 0 Å². The highest BCUT2D eigenvalue weighted by molar-refractivity contribution is 8.13. The van der Waals surface area contributed by atoms with Crippen LogP contribution in [0.25, 0.3) is 0 Å². The van der Waals surface area contributed by atoms with Crippen LogP contribution in [0.2, 0.25) is 0 Å². The number of thioether (sulfide) groups is 1. The molecule has 0 unspecified atom stereocenters. The van der Waals surface area contributed by atoms with Crippen molar-refractivity contribution in [2.75, 3.05) is 13.7 Å². The van der Waals surface area contributed by atoms with E-state index in [1.807, 2.05) is 30.3 Å². The average molecular weight is 678 g/mol. The number of benzene rings is 2. The van der Waals surface area contributed by atoms with Crippen LogP contribution in [0.4, 0.5) is 4.79 Å². The Morgan fingerprint density at radius 1 is 0.875 bits per heavy atom. The fourth-order valence-electron chi connectivity index (χ4n) is 6.33. The minimum absolute atomic E-state index is 0.0520. The van der Waals surface area contributed by atoms with Crippen molar-refractivity contribution in [3.05, 3.63) is 96.2 Å². The van der Waals surface area contributed by atoms with Crippen molar-refractivity contribution < 1.29 is 47.5 Å². The highest BCUT2D eigenvalue weighted by Gasteiger charge is 2.55. The third kappa shape index (κ3) is 8.61. The zero-order chi connectivity index (χ0) is 33.3. The number of hydrogen-bond acceptors (Lipinski definition) is 12. The lowest BCUT2D eigenvalue weighted by molar-refractivity contribution is -0.359. The van der Waals surface area contributed by atoms with Gasteiger partial charge in [-0.25, -0.2) is 19.4 Å². The van der Waals surface area contributed by atoms with Crippen molar-refractivity contribution in [2.45, 2.75) is 86.7 Å². The second kappa shape index (κ2) is 16.5. The Morgan fingerprint density at radius 3 is 2.31 bits per heavy atom. The van der Waals surface area contributed by atoms with Gasteiger partial charge in [0.2, 0.25) is 6.29 Å². The molecule has 6 rings (SSSR count).